The van der Waals surface area contributed by atoms with Crippen molar-refractivity contribution in [1.29, 1.82) is 0 Å². The molecule has 15 heavy (non-hydrogen) atoms. The normalized spacial score (nSPS) is 12.7. The van der Waals surface area contributed by atoms with Crippen LogP contribution in [0.1, 0.15) is 25.3 Å². The van der Waals surface area contributed by atoms with Gasteiger partial charge in [0.25, 0.3) is 0 Å². The number of halogens is 1. The van der Waals surface area contributed by atoms with Crippen LogP contribution in [0.15, 0.2) is 30.3 Å². The van der Waals surface area contributed by atoms with Crippen LogP contribution in [0.4, 0.5) is 0 Å². The van der Waals surface area contributed by atoms with Crippen LogP contribution in [0.2, 0.25) is 0 Å². The van der Waals surface area contributed by atoms with Gasteiger partial charge in [-0.3, -0.25) is 0 Å². The van der Waals surface area contributed by atoms with Gasteiger partial charge in [-0.2, -0.15) is 0 Å². The Morgan fingerprint density at radius 2 is 2.00 bits per heavy atom. The molecule has 0 amide bonds. The van der Waals surface area contributed by atoms with Crippen molar-refractivity contribution in [1.82, 2.24) is 0 Å². The van der Waals surface area contributed by atoms with E-state index < -0.39 is 0 Å². The first-order valence-corrected chi connectivity index (χ1v) is 6.08. The third kappa shape index (κ3) is 5.19. The largest absolute Gasteiger partial charge is 0.376 e. The fourth-order valence-electron chi connectivity index (χ4n) is 1.53. The molecule has 0 bridgehead atoms. The second-order valence-electron chi connectivity index (χ2n) is 3.81. The second-order valence-corrected chi connectivity index (χ2v) is 4.12. The van der Waals surface area contributed by atoms with Crippen molar-refractivity contribution < 1.29 is 4.74 Å². The molecule has 1 unspecified atom stereocenters. The molecule has 0 heterocycles. The number of hydrogen-bond acceptors (Lipinski definition) is 1. The van der Waals surface area contributed by atoms with Crippen LogP contribution in [-0.2, 0) is 11.3 Å². The molecular weight excluding hydrogens is 208 g/mol. The van der Waals surface area contributed by atoms with Crippen LogP contribution in [0.5, 0.6) is 0 Å². The molecule has 0 radical (unpaired) electrons. The molecule has 0 aliphatic heterocycles. The van der Waals surface area contributed by atoms with E-state index in [1.807, 2.05) is 18.2 Å². The van der Waals surface area contributed by atoms with Crippen molar-refractivity contribution >= 4 is 11.6 Å². The third-order valence-electron chi connectivity index (χ3n) is 2.38. The molecule has 0 N–H and O–H groups in total. The van der Waals surface area contributed by atoms with Gasteiger partial charge in [-0.05, 0) is 17.9 Å². The van der Waals surface area contributed by atoms with Gasteiger partial charge in [0.15, 0.2) is 0 Å². The molecule has 84 valence electrons. The summed E-state index contributed by atoms with van der Waals surface area (Å²) in [7, 11) is 0. The van der Waals surface area contributed by atoms with E-state index in [9.17, 15) is 0 Å². The summed E-state index contributed by atoms with van der Waals surface area (Å²) in [6.07, 6.45) is 2.32. The van der Waals surface area contributed by atoms with E-state index in [0.29, 0.717) is 18.4 Å². The molecule has 0 spiro atoms. The van der Waals surface area contributed by atoms with Gasteiger partial charge < -0.3 is 4.74 Å². The summed E-state index contributed by atoms with van der Waals surface area (Å²) in [6, 6.07) is 10.2. The quantitative estimate of drug-likeness (QED) is 0.642. The molecule has 0 aliphatic carbocycles. The lowest BCUT2D eigenvalue weighted by Gasteiger charge is -2.12. The third-order valence-corrected chi connectivity index (χ3v) is 2.82. The summed E-state index contributed by atoms with van der Waals surface area (Å²) in [6.45, 7) is 3.64. The Hall–Kier alpha value is -0.530. The van der Waals surface area contributed by atoms with Crippen molar-refractivity contribution in [3.8, 4) is 0 Å². The van der Waals surface area contributed by atoms with Gasteiger partial charge in [0.05, 0.1) is 13.2 Å². The topological polar surface area (TPSA) is 9.23 Å². The Morgan fingerprint density at radius 3 is 2.60 bits per heavy atom. The molecule has 0 saturated heterocycles. The molecule has 0 aromatic heterocycles. The van der Waals surface area contributed by atoms with Gasteiger partial charge in [0.2, 0.25) is 0 Å². The molecule has 1 aromatic carbocycles. The molecule has 2 heteroatoms. The summed E-state index contributed by atoms with van der Waals surface area (Å²) in [5.74, 6) is 1.20. The highest BCUT2D eigenvalue weighted by Crippen LogP contribution is 2.10. The average molecular weight is 227 g/mol. The number of benzene rings is 1. The van der Waals surface area contributed by atoms with E-state index in [-0.39, 0.29) is 0 Å². The first-order valence-electron chi connectivity index (χ1n) is 5.54. The lowest BCUT2D eigenvalue weighted by molar-refractivity contribution is 0.0903. The minimum atomic E-state index is 0.500. The van der Waals surface area contributed by atoms with Crippen LogP contribution in [0.3, 0.4) is 0 Å². The van der Waals surface area contributed by atoms with E-state index in [4.69, 9.17) is 16.3 Å². The van der Waals surface area contributed by atoms with Crippen LogP contribution in [0, 0.1) is 5.92 Å². The molecular formula is C13H19ClO. The fourth-order valence-corrected chi connectivity index (χ4v) is 1.77. The molecule has 1 nitrogen and oxygen atoms in total. The number of ether oxygens (including phenoxy) is 1. The van der Waals surface area contributed by atoms with E-state index in [2.05, 4.69) is 19.1 Å². The molecule has 1 aromatic rings. The van der Waals surface area contributed by atoms with E-state index in [1.165, 1.54) is 12.0 Å². The highest BCUT2D eigenvalue weighted by Gasteiger charge is 2.05. The van der Waals surface area contributed by atoms with Crippen LogP contribution in [-0.4, -0.2) is 12.5 Å². The van der Waals surface area contributed by atoms with Crippen molar-refractivity contribution in [3.63, 3.8) is 0 Å². The standard InChI is InChI=1S/C13H19ClO/c1-2-6-13(9-14)11-15-10-12-7-4-3-5-8-12/h3-5,7-8,13H,2,6,9-11H2,1H3. The van der Waals surface area contributed by atoms with Crippen molar-refractivity contribution in [2.24, 2.45) is 5.92 Å². The summed E-state index contributed by atoms with van der Waals surface area (Å²) in [5.41, 5.74) is 1.22. The number of rotatable bonds is 7. The SMILES string of the molecule is CCCC(CCl)COCc1ccccc1. The summed E-state index contributed by atoms with van der Waals surface area (Å²) < 4.78 is 5.64. The lowest BCUT2D eigenvalue weighted by Crippen LogP contribution is -2.11. The monoisotopic (exact) mass is 226 g/mol. The number of alkyl halides is 1. The van der Waals surface area contributed by atoms with Gasteiger partial charge in [-0.25, -0.2) is 0 Å². The molecule has 1 atom stereocenters. The van der Waals surface area contributed by atoms with Crippen LogP contribution < -0.4 is 0 Å². The first kappa shape index (κ1) is 12.5. The van der Waals surface area contributed by atoms with E-state index in [0.717, 1.165) is 13.0 Å². The van der Waals surface area contributed by atoms with Crippen LogP contribution in [0.25, 0.3) is 0 Å². The molecule has 1 rings (SSSR count). The number of hydrogen-bond donors (Lipinski definition) is 0. The fraction of sp³-hybridized carbons (Fsp3) is 0.538. The minimum absolute atomic E-state index is 0.500. The van der Waals surface area contributed by atoms with Crippen LogP contribution >= 0.6 is 11.6 Å². The Morgan fingerprint density at radius 1 is 1.27 bits per heavy atom. The maximum absolute atomic E-state index is 5.85. The predicted octanol–water partition coefficient (Wildman–Crippen LogP) is 3.86. The van der Waals surface area contributed by atoms with Gasteiger partial charge in [-0.1, -0.05) is 43.7 Å². The van der Waals surface area contributed by atoms with Gasteiger partial charge in [0.1, 0.15) is 0 Å². The smallest absolute Gasteiger partial charge is 0.0717 e. The zero-order chi connectivity index (χ0) is 10.9. The van der Waals surface area contributed by atoms with Crippen molar-refractivity contribution in [3.05, 3.63) is 35.9 Å². The Bertz CT molecular complexity index is 248. The maximum atomic E-state index is 5.85. The van der Waals surface area contributed by atoms with Crippen molar-refractivity contribution in [2.45, 2.75) is 26.4 Å². The van der Waals surface area contributed by atoms with Gasteiger partial charge >= 0.3 is 0 Å². The highest BCUT2D eigenvalue weighted by molar-refractivity contribution is 6.18. The maximum Gasteiger partial charge on any atom is 0.0717 e. The molecule has 0 aliphatic rings. The molecule has 0 fully saturated rings. The molecule has 0 saturated carbocycles. The van der Waals surface area contributed by atoms with Crippen molar-refractivity contribution in [2.75, 3.05) is 12.5 Å². The van der Waals surface area contributed by atoms with Gasteiger partial charge in [-0.15, -0.1) is 11.6 Å². The average Bonchev–Trinajstić information content (AvgIpc) is 2.29. The Kier molecular flexibility index (Phi) is 6.45. The second kappa shape index (κ2) is 7.72. The summed E-state index contributed by atoms with van der Waals surface area (Å²) in [4.78, 5) is 0. The van der Waals surface area contributed by atoms with E-state index >= 15 is 0 Å². The lowest BCUT2D eigenvalue weighted by atomic mass is 10.1. The zero-order valence-electron chi connectivity index (χ0n) is 9.29. The Balaban J connectivity index is 2.20. The van der Waals surface area contributed by atoms with Gasteiger partial charge in [0, 0.05) is 5.88 Å². The summed E-state index contributed by atoms with van der Waals surface area (Å²) >= 11 is 5.85. The zero-order valence-corrected chi connectivity index (χ0v) is 10.0. The highest BCUT2D eigenvalue weighted by atomic mass is 35.5. The first-order chi connectivity index (χ1) is 7.36. The predicted molar refractivity (Wildman–Crippen MR) is 65.2 cm³/mol. The minimum Gasteiger partial charge on any atom is -0.376 e. The van der Waals surface area contributed by atoms with E-state index in [1.54, 1.807) is 0 Å². The summed E-state index contributed by atoms with van der Waals surface area (Å²) in [5, 5.41) is 0. The Labute approximate surface area is 97.4 Å².